The second-order valence-electron chi connectivity index (χ2n) is 4.90. The summed E-state index contributed by atoms with van der Waals surface area (Å²) in [6, 6.07) is 0. The molecule has 7 nitrogen and oxygen atoms in total. The number of thioether (sulfide) groups is 1. The Bertz CT molecular complexity index is 599. The summed E-state index contributed by atoms with van der Waals surface area (Å²) in [6.07, 6.45) is 1.07. The molecule has 21 heavy (non-hydrogen) atoms. The fourth-order valence-electron chi connectivity index (χ4n) is 2.54. The molecule has 0 amide bonds. The van der Waals surface area contributed by atoms with Gasteiger partial charge in [-0.1, -0.05) is 0 Å². The number of aryl methyl sites for hydroxylation is 1. The van der Waals surface area contributed by atoms with Crippen molar-refractivity contribution in [1.82, 2.24) is 9.55 Å². The Morgan fingerprint density at radius 3 is 2.48 bits per heavy atom. The van der Waals surface area contributed by atoms with Gasteiger partial charge in [0.25, 0.3) is 5.56 Å². The molecular formula is C13H20N2O5S. The minimum Gasteiger partial charge on any atom is -0.383 e. The van der Waals surface area contributed by atoms with Gasteiger partial charge in [0.05, 0.1) is 11.9 Å². The van der Waals surface area contributed by atoms with Crippen LogP contribution in [-0.4, -0.2) is 54.9 Å². The minimum atomic E-state index is -0.446. The molecule has 1 N–H and O–H groups in total. The molecule has 1 aliphatic rings. The Hall–Kier alpha value is -1.09. The highest BCUT2D eigenvalue weighted by Gasteiger charge is 2.46. The van der Waals surface area contributed by atoms with Crippen LogP contribution in [0.2, 0.25) is 0 Å². The molecule has 1 unspecified atom stereocenters. The van der Waals surface area contributed by atoms with Gasteiger partial charge in [-0.3, -0.25) is 14.3 Å². The van der Waals surface area contributed by atoms with Crippen molar-refractivity contribution < 1.29 is 14.2 Å². The van der Waals surface area contributed by atoms with Gasteiger partial charge >= 0.3 is 5.69 Å². The van der Waals surface area contributed by atoms with Crippen LogP contribution in [-0.2, 0) is 14.2 Å². The fourth-order valence-corrected chi connectivity index (χ4v) is 4.24. The molecule has 0 radical (unpaired) electrons. The second kappa shape index (κ2) is 6.78. The quantitative estimate of drug-likeness (QED) is 0.832. The number of hydrogen-bond donors (Lipinski definition) is 1. The zero-order valence-corrected chi connectivity index (χ0v) is 13.3. The van der Waals surface area contributed by atoms with Crippen molar-refractivity contribution in [2.45, 2.75) is 29.8 Å². The van der Waals surface area contributed by atoms with E-state index in [-0.39, 0.29) is 28.4 Å². The SMILES string of the molecule is COC[C@H]1S[C@@H](n2cc(C)c(=O)[nH]c2=O)[C@@H](OC)C1OC. The maximum atomic E-state index is 12.1. The third-order valence-corrected chi connectivity index (χ3v) is 5.11. The molecule has 8 heteroatoms. The van der Waals surface area contributed by atoms with Crippen LogP contribution in [0.15, 0.2) is 15.8 Å². The van der Waals surface area contributed by atoms with Crippen LogP contribution in [0, 0.1) is 6.92 Å². The maximum Gasteiger partial charge on any atom is 0.329 e. The standard InChI is InChI=1S/C13H20N2O5S/c1-7-5-15(13(17)14-11(7)16)12-10(20-4)9(19-3)8(21-12)6-18-2/h5,8-10,12H,6H2,1-4H3,(H,14,16,17)/t8-,9?,10+,12-/m1/s1. The molecule has 2 heterocycles. The highest BCUT2D eigenvalue weighted by Crippen LogP contribution is 2.43. The monoisotopic (exact) mass is 316 g/mol. The maximum absolute atomic E-state index is 12.1. The molecule has 0 spiro atoms. The number of ether oxygens (including phenoxy) is 3. The molecule has 1 fully saturated rings. The number of methoxy groups -OCH3 is 3. The fraction of sp³-hybridized carbons (Fsp3) is 0.692. The Kier molecular flexibility index (Phi) is 5.26. The molecule has 4 atom stereocenters. The van der Waals surface area contributed by atoms with Gasteiger partial charge < -0.3 is 14.2 Å². The van der Waals surface area contributed by atoms with Crippen LogP contribution < -0.4 is 11.2 Å². The molecular weight excluding hydrogens is 296 g/mol. The predicted octanol–water partition coefficient (Wildman–Crippen LogP) is 0.135. The van der Waals surface area contributed by atoms with Gasteiger partial charge in [-0.25, -0.2) is 4.79 Å². The van der Waals surface area contributed by atoms with Crippen molar-refractivity contribution in [1.29, 1.82) is 0 Å². The number of rotatable bonds is 5. The van der Waals surface area contributed by atoms with Crippen LogP contribution in [0.1, 0.15) is 10.9 Å². The Morgan fingerprint density at radius 2 is 1.90 bits per heavy atom. The molecule has 0 saturated carbocycles. The van der Waals surface area contributed by atoms with E-state index in [1.54, 1.807) is 46.2 Å². The number of hydrogen-bond acceptors (Lipinski definition) is 6. The van der Waals surface area contributed by atoms with Gasteiger partial charge in [-0.2, -0.15) is 0 Å². The summed E-state index contributed by atoms with van der Waals surface area (Å²) in [5, 5.41) is -0.225. The lowest BCUT2D eigenvalue weighted by Crippen LogP contribution is -2.40. The summed E-state index contributed by atoms with van der Waals surface area (Å²) in [5.74, 6) is 0. The highest BCUT2D eigenvalue weighted by atomic mass is 32.2. The summed E-state index contributed by atoms with van der Waals surface area (Å²) in [6.45, 7) is 2.16. The number of nitrogens with zero attached hydrogens (tertiary/aromatic N) is 1. The van der Waals surface area contributed by atoms with Crippen LogP contribution >= 0.6 is 11.8 Å². The largest absolute Gasteiger partial charge is 0.383 e. The van der Waals surface area contributed by atoms with E-state index >= 15 is 0 Å². The number of H-pyrrole nitrogens is 1. The van der Waals surface area contributed by atoms with Gasteiger partial charge in [0.1, 0.15) is 17.6 Å². The number of aromatic amines is 1. The van der Waals surface area contributed by atoms with E-state index in [0.29, 0.717) is 12.2 Å². The van der Waals surface area contributed by atoms with Gasteiger partial charge in [0.2, 0.25) is 0 Å². The van der Waals surface area contributed by atoms with Crippen molar-refractivity contribution >= 4 is 11.8 Å². The number of aromatic nitrogens is 2. The first kappa shape index (κ1) is 16.3. The van der Waals surface area contributed by atoms with Crippen LogP contribution in [0.4, 0.5) is 0 Å². The first-order valence-electron chi connectivity index (χ1n) is 6.55. The van der Waals surface area contributed by atoms with E-state index in [1.807, 2.05) is 0 Å². The molecule has 1 aromatic heterocycles. The van der Waals surface area contributed by atoms with E-state index in [1.165, 1.54) is 4.57 Å². The van der Waals surface area contributed by atoms with Crippen LogP contribution in [0.5, 0.6) is 0 Å². The third-order valence-electron chi connectivity index (χ3n) is 3.58. The second-order valence-corrected chi connectivity index (χ2v) is 6.26. The van der Waals surface area contributed by atoms with Crippen LogP contribution in [0.3, 0.4) is 0 Å². The first-order valence-corrected chi connectivity index (χ1v) is 7.49. The van der Waals surface area contributed by atoms with Crippen LogP contribution in [0.25, 0.3) is 0 Å². The van der Waals surface area contributed by atoms with Crippen molar-refractivity contribution in [2.75, 3.05) is 27.9 Å². The molecule has 1 aromatic rings. The summed E-state index contributed by atoms with van der Waals surface area (Å²) in [4.78, 5) is 25.9. The van der Waals surface area contributed by atoms with E-state index in [4.69, 9.17) is 14.2 Å². The minimum absolute atomic E-state index is 0.0501. The highest BCUT2D eigenvalue weighted by molar-refractivity contribution is 8.00. The third kappa shape index (κ3) is 3.08. The van der Waals surface area contributed by atoms with Crippen molar-refractivity contribution in [2.24, 2.45) is 0 Å². The topological polar surface area (TPSA) is 82.6 Å². The zero-order valence-electron chi connectivity index (χ0n) is 12.5. The molecule has 0 bridgehead atoms. The molecule has 118 valence electrons. The Balaban J connectivity index is 2.41. The lowest BCUT2D eigenvalue weighted by atomic mass is 10.1. The Labute approximate surface area is 126 Å². The van der Waals surface area contributed by atoms with E-state index < -0.39 is 5.69 Å². The summed E-state index contributed by atoms with van der Waals surface area (Å²) in [5.41, 5.74) is -0.336. The zero-order chi connectivity index (χ0) is 15.6. The predicted molar refractivity (Wildman–Crippen MR) is 79.9 cm³/mol. The van der Waals surface area contributed by atoms with Gasteiger partial charge in [-0.15, -0.1) is 11.8 Å². The molecule has 2 rings (SSSR count). The van der Waals surface area contributed by atoms with Crippen molar-refractivity contribution in [3.8, 4) is 0 Å². The van der Waals surface area contributed by atoms with Gasteiger partial charge in [0.15, 0.2) is 0 Å². The Morgan fingerprint density at radius 1 is 1.24 bits per heavy atom. The van der Waals surface area contributed by atoms with E-state index in [0.717, 1.165) is 0 Å². The van der Waals surface area contributed by atoms with Gasteiger partial charge in [-0.05, 0) is 6.92 Å². The smallest absolute Gasteiger partial charge is 0.329 e. The molecule has 1 saturated heterocycles. The lowest BCUT2D eigenvalue weighted by molar-refractivity contribution is -0.0432. The summed E-state index contributed by atoms with van der Waals surface area (Å²) in [7, 11) is 4.82. The van der Waals surface area contributed by atoms with E-state index in [9.17, 15) is 9.59 Å². The average molecular weight is 316 g/mol. The summed E-state index contributed by atoms with van der Waals surface area (Å²) >= 11 is 1.55. The molecule has 1 aliphatic heterocycles. The molecule has 0 aromatic carbocycles. The lowest BCUT2D eigenvalue weighted by Gasteiger charge is -2.23. The molecule has 0 aliphatic carbocycles. The number of nitrogens with one attached hydrogen (secondary N) is 1. The van der Waals surface area contributed by atoms with E-state index in [2.05, 4.69) is 4.98 Å². The normalized spacial score (nSPS) is 29.0. The van der Waals surface area contributed by atoms with Crippen molar-refractivity contribution in [3.05, 3.63) is 32.6 Å². The van der Waals surface area contributed by atoms with Gasteiger partial charge in [0, 0.05) is 33.1 Å². The summed E-state index contributed by atoms with van der Waals surface area (Å²) < 4.78 is 17.7. The van der Waals surface area contributed by atoms with Crippen molar-refractivity contribution in [3.63, 3.8) is 0 Å². The average Bonchev–Trinajstić information content (AvgIpc) is 2.80. The first-order chi connectivity index (χ1) is 10.0.